The fraction of sp³-hybridized carbons (Fsp3) is 0.136. The minimum absolute atomic E-state index is 0.143. The monoisotopic (exact) mass is 472 g/mol. The van der Waals surface area contributed by atoms with Crippen LogP contribution in [0, 0.1) is 13.8 Å². The highest BCUT2D eigenvalue weighted by atomic mass is 35.5. The van der Waals surface area contributed by atoms with Crippen molar-refractivity contribution in [3.05, 3.63) is 75.5 Å². The molecule has 0 aliphatic carbocycles. The highest BCUT2D eigenvalue weighted by molar-refractivity contribution is 7.99. The van der Waals surface area contributed by atoms with E-state index in [1.54, 1.807) is 12.3 Å². The zero-order chi connectivity index (χ0) is 22.0. The lowest BCUT2D eigenvalue weighted by atomic mass is 10.2. The quantitative estimate of drug-likeness (QED) is 0.219. The molecule has 0 fully saturated rings. The first-order chi connectivity index (χ1) is 14.9. The van der Waals surface area contributed by atoms with E-state index in [9.17, 15) is 4.79 Å². The number of carbonyl (C=O) groups excluding carboxylic acids is 1. The Bertz CT molecular complexity index is 1240. The summed E-state index contributed by atoms with van der Waals surface area (Å²) in [6, 6.07) is 14.8. The topological polar surface area (TPSA) is 72.4 Å². The number of aromatic nitrogens is 2. The number of aryl methyl sites for hydroxylation is 1. The molecule has 6 nitrogen and oxygen atoms in total. The van der Waals surface area contributed by atoms with E-state index in [-0.39, 0.29) is 11.7 Å². The number of halogens is 2. The molecule has 0 spiro atoms. The Morgan fingerprint density at radius 3 is 2.68 bits per heavy atom. The van der Waals surface area contributed by atoms with Gasteiger partial charge in [-0.3, -0.25) is 4.79 Å². The van der Waals surface area contributed by atoms with E-state index in [2.05, 4.69) is 15.5 Å². The number of rotatable bonds is 6. The van der Waals surface area contributed by atoms with E-state index in [0.29, 0.717) is 20.9 Å². The normalized spacial score (nSPS) is 11.5. The van der Waals surface area contributed by atoms with Crippen LogP contribution in [0.2, 0.25) is 10.0 Å². The summed E-state index contributed by atoms with van der Waals surface area (Å²) in [4.78, 5) is 16.5. The molecular formula is C22H18Cl2N4O2S. The molecule has 0 bridgehead atoms. The molecule has 4 rings (SSSR count). The number of hydrogen-bond donors (Lipinski definition) is 1. The molecule has 31 heavy (non-hydrogen) atoms. The summed E-state index contributed by atoms with van der Waals surface area (Å²) in [5.41, 5.74) is 7.69. The number of fused-ring (bicyclic) bond motifs is 1. The lowest BCUT2D eigenvalue weighted by molar-refractivity contribution is -0.118. The molecule has 158 valence electrons. The molecule has 4 aromatic rings. The van der Waals surface area contributed by atoms with E-state index >= 15 is 0 Å². The lowest BCUT2D eigenvalue weighted by Crippen LogP contribution is -2.19. The minimum atomic E-state index is -0.251. The van der Waals surface area contributed by atoms with Gasteiger partial charge >= 0.3 is 0 Å². The average Bonchev–Trinajstić information content (AvgIpc) is 3.25. The van der Waals surface area contributed by atoms with Crippen molar-refractivity contribution >= 4 is 58.2 Å². The summed E-state index contributed by atoms with van der Waals surface area (Å²) < 4.78 is 7.63. The van der Waals surface area contributed by atoms with E-state index in [1.165, 1.54) is 11.8 Å². The van der Waals surface area contributed by atoms with Crippen molar-refractivity contribution in [2.75, 3.05) is 5.75 Å². The third kappa shape index (κ3) is 4.95. The Hall–Kier alpha value is -2.74. The van der Waals surface area contributed by atoms with Crippen molar-refractivity contribution < 1.29 is 9.21 Å². The van der Waals surface area contributed by atoms with Crippen LogP contribution in [0.3, 0.4) is 0 Å². The van der Waals surface area contributed by atoms with Gasteiger partial charge in [-0.1, -0.05) is 47.1 Å². The van der Waals surface area contributed by atoms with E-state index < -0.39 is 0 Å². The largest absolute Gasteiger partial charge is 0.431 e. The number of hydrazone groups is 1. The number of amides is 1. The molecular weight excluding hydrogens is 455 g/mol. The summed E-state index contributed by atoms with van der Waals surface area (Å²) in [6.07, 6.45) is 1.62. The molecule has 0 saturated carbocycles. The molecule has 0 unspecified atom stereocenters. The van der Waals surface area contributed by atoms with Crippen LogP contribution >= 0.6 is 35.0 Å². The first-order valence-electron chi connectivity index (χ1n) is 9.36. The van der Waals surface area contributed by atoms with Crippen molar-refractivity contribution in [2.45, 2.75) is 19.1 Å². The van der Waals surface area contributed by atoms with Crippen molar-refractivity contribution in [3.8, 4) is 5.69 Å². The number of para-hydroxylation sites is 2. The van der Waals surface area contributed by atoms with Gasteiger partial charge in [0.05, 0.1) is 12.0 Å². The first kappa shape index (κ1) is 21.5. The van der Waals surface area contributed by atoms with Crippen LogP contribution in [-0.4, -0.2) is 27.4 Å². The van der Waals surface area contributed by atoms with Crippen LogP contribution < -0.4 is 5.43 Å². The molecule has 2 heterocycles. The van der Waals surface area contributed by atoms with Gasteiger partial charge in [-0.05, 0) is 50.2 Å². The van der Waals surface area contributed by atoms with Gasteiger partial charge in [-0.25, -0.2) is 10.4 Å². The maximum absolute atomic E-state index is 12.1. The fourth-order valence-corrected chi connectivity index (χ4v) is 4.38. The van der Waals surface area contributed by atoms with Gasteiger partial charge in [0.15, 0.2) is 5.58 Å². The SMILES string of the molecule is Cc1cc(/C=N/NC(=O)CSc2nc3ccccc3o2)c(C)n1-c1cc(Cl)cc(Cl)c1. The predicted molar refractivity (Wildman–Crippen MR) is 126 cm³/mol. The smallest absolute Gasteiger partial charge is 0.257 e. The van der Waals surface area contributed by atoms with Gasteiger partial charge in [-0.2, -0.15) is 5.10 Å². The summed E-state index contributed by atoms with van der Waals surface area (Å²) in [5, 5.41) is 5.66. The van der Waals surface area contributed by atoms with E-state index in [1.807, 2.05) is 60.9 Å². The summed E-state index contributed by atoms with van der Waals surface area (Å²) in [7, 11) is 0. The number of nitrogens with zero attached hydrogens (tertiary/aromatic N) is 3. The Labute approximate surface area is 193 Å². The Balaban J connectivity index is 1.40. The highest BCUT2D eigenvalue weighted by Gasteiger charge is 2.12. The molecule has 0 aliphatic rings. The molecule has 0 radical (unpaired) electrons. The maximum atomic E-state index is 12.1. The zero-order valence-electron chi connectivity index (χ0n) is 16.7. The lowest BCUT2D eigenvalue weighted by Gasteiger charge is -2.10. The second-order valence-corrected chi connectivity index (χ2v) is 8.62. The van der Waals surface area contributed by atoms with Gasteiger partial charge in [0.1, 0.15) is 5.52 Å². The fourth-order valence-electron chi connectivity index (χ4n) is 3.23. The predicted octanol–water partition coefficient (Wildman–Crippen LogP) is 5.78. The van der Waals surface area contributed by atoms with Crippen LogP contribution in [-0.2, 0) is 4.79 Å². The third-order valence-corrected chi connectivity index (χ3v) is 5.83. The average molecular weight is 473 g/mol. The highest BCUT2D eigenvalue weighted by Crippen LogP contribution is 2.26. The van der Waals surface area contributed by atoms with Gasteiger partial charge in [-0.15, -0.1) is 0 Å². The molecule has 2 aromatic carbocycles. The van der Waals surface area contributed by atoms with Gasteiger partial charge in [0, 0.05) is 32.7 Å². The Kier molecular flexibility index (Phi) is 6.36. The maximum Gasteiger partial charge on any atom is 0.257 e. The van der Waals surface area contributed by atoms with Crippen molar-refractivity contribution in [3.63, 3.8) is 0 Å². The van der Waals surface area contributed by atoms with Crippen LogP contribution in [0.25, 0.3) is 16.8 Å². The van der Waals surface area contributed by atoms with E-state index in [0.717, 1.165) is 28.2 Å². The summed E-state index contributed by atoms with van der Waals surface area (Å²) in [5.74, 6) is -0.108. The van der Waals surface area contributed by atoms with Gasteiger partial charge in [0.25, 0.3) is 11.1 Å². The number of carbonyl (C=O) groups is 1. The van der Waals surface area contributed by atoms with Crippen molar-refractivity contribution in [1.82, 2.24) is 15.0 Å². The Morgan fingerprint density at radius 2 is 1.94 bits per heavy atom. The molecule has 9 heteroatoms. The van der Waals surface area contributed by atoms with Crippen molar-refractivity contribution in [2.24, 2.45) is 5.10 Å². The zero-order valence-corrected chi connectivity index (χ0v) is 19.1. The van der Waals surface area contributed by atoms with E-state index in [4.69, 9.17) is 27.6 Å². The standard InChI is InChI=1S/C22H18Cl2N4O2S/c1-13-7-15(14(2)28(13)18-9-16(23)8-17(24)10-18)11-25-27-21(29)12-31-22-26-19-5-3-4-6-20(19)30-22/h3-11H,12H2,1-2H3,(H,27,29)/b25-11+. The first-order valence-corrected chi connectivity index (χ1v) is 11.1. The molecule has 0 saturated heterocycles. The van der Waals surface area contributed by atoms with Crippen LogP contribution in [0.15, 0.2) is 63.3 Å². The number of oxazole rings is 1. The van der Waals surface area contributed by atoms with Crippen LogP contribution in [0.4, 0.5) is 0 Å². The molecule has 0 atom stereocenters. The van der Waals surface area contributed by atoms with Crippen LogP contribution in [0.1, 0.15) is 17.0 Å². The summed E-state index contributed by atoms with van der Waals surface area (Å²) in [6.45, 7) is 3.95. The van der Waals surface area contributed by atoms with Gasteiger partial charge < -0.3 is 8.98 Å². The van der Waals surface area contributed by atoms with Gasteiger partial charge in [0.2, 0.25) is 0 Å². The molecule has 1 amide bonds. The summed E-state index contributed by atoms with van der Waals surface area (Å²) >= 11 is 13.5. The second kappa shape index (κ2) is 9.18. The van der Waals surface area contributed by atoms with Crippen molar-refractivity contribution in [1.29, 1.82) is 0 Å². The number of hydrogen-bond acceptors (Lipinski definition) is 5. The molecule has 1 N–H and O–H groups in total. The Morgan fingerprint density at radius 1 is 1.19 bits per heavy atom. The minimum Gasteiger partial charge on any atom is -0.431 e. The molecule has 0 aliphatic heterocycles. The third-order valence-electron chi connectivity index (χ3n) is 4.57. The molecule has 2 aromatic heterocycles. The van der Waals surface area contributed by atoms with Crippen LogP contribution in [0.5, 0.6) is 0 Å². The number of nitrogens with one attached hydrogen (secondary N) is 1. The number of thioether (sulfide) groups is 1. The number of benzene rings is 2. The second-order valence-electron chi connectivity index (χ2n) is 6.82.